The van der Waals surface area contributed by atoms with E-state index in [2.05, 4.69) is 27.3 Å². The van der Waals surface area contributed by atoms with Crippen molar-refractivity contribution in [2.45, 2.75) is 31.7 Å². The van der Waals surface area contributed by atoms with Crippen LogP contribution in [-0.2, 0) is 0 Å². The van der Waals surface area contributed by atoms with Crippen LogP contribution < -0.4 is 5.32 Å². The Morgan fingerprint density at radius 1 is 1.33 bits per heavy atom. The van der Waals surface area contributed by atoms with Crippen LogP contribution >= 0.6 is 15.9 Å². The van der Waals surface area contributed by atoms with Gasteiger partial charge in [-0.1, -0.05) is 28.8 Å². The average Bonchev–Trinajstić information content (AvgIpc) is 2.38. The minimum absolute atomic E-state index is 0.233. The highest BCUT2D eigenvalue weighted by Gasteiger charge is 2.24. The number of benzene rings is 1. The van der Waals surface area contributed by atoms with Crippen LogP contribution in [0.15, 0.2) is 22.7 Å². The number of halogens is 1. The van der Waals surface area contributed by atoms with Crippen LogP contribution in [0.4, 0.5) is 5.69 Å². The molecule has 0 heterocycles. The molecule has 1 fully saturated rings. The molecule has 3 nitrogen and oxygen atoms in total. The molecular formula is C14H17BrN2O. The van der Waals surface area contributed by atoms with Crippen LogP contribution in [-0.4, -0.2) is 17.8 Å². The lowest BCUT2D eigenvalue weighted by Crippen LogP contribution is -2.34. The topological polar surface area (TPSA) is 56.0 Å². The van der Waals surface area contributed by atoms with Crippen molar-refractivity contribution in [1.82, 2.24) is 0 Å². The van der Waals surface area contributed by atoms with Gasteiger partial charge in [0.05, 0.1) is 11.6 Å². The Bertz CT molecular complexity index is 456. The second-order valence-corrected chi connectivity index (χ2v) is 5.73. The van der Waals surface area contributed by atoms with Crippen LogP contribution in [0.25, 0.3) is 0 Å². The molecule has 2 atom stereocenters. The van der Waals surface area contributed by atoms with Crippen molar-refractivity contribution in [2.75, 3.05) is 11.9 Å². The molecule has 2 unspecified atom stereocenters. The van der Waals surface area contributed by atoms with Crippen LogP contribution in [0.1, 0.15) is 31.2 Å². The predicted octanol–water partition coefficient (Wildman–Crippen LogP) is 3.28. The Labute approximate surface area is 116 Å². The van der Waals surface area contributed by atoms with Gasteiger partial charge in [0.15, 0.2) is 0 Å². The molecule has 0 bridgehead atoms. The molecule has 4 heteroatoms. The fourth-order valence-electron chi connectivity index (χ4n) is 2.57. The lowest BCUT2D eigenvalue weighted by atomic mass is 9.85. The molecule has 0 aromatic heterocycles. The maximum Gasteiger partial charge on any atom is 0.0992 e. The van der Waals surface area contributed by atoms with Crippen LogP contribution in [0.3, 0.4) is 0 Å². The zero-order valence-electron chi connectivity index (χ0n) is 10.2. The van der Waals surface area contributed by atoms with Crippen molar-refractivity contribution in [3.63, 3.8) is 0 Å². The van der Waals surface area contributed by atoms with Gasteiger partial charge >= 0.3 is 0 Å². The maximum absolute atomic E-state index is 9.39. The fraction of sp³-hybridized carbons (Fsp3) is 0.500. The van der Waals surface area contributed by atoms with Gasteiger partial charge in [0.2, 0.25) is 0 Å². The molecular weight excluding hydrogens is 292 g/mol. The number of nitrogens with one attached hydrogen (secondary N) is 1. The summed E-state index contributed by atoms with van der Waals surface area (Å²) in [5, 5.41) is 21.8. The number of aliphatic hydroxyl groups is 1. The highest BCUT2D eigenvalue weighted by atomic mass is 79.9. The molecule has 0 amide bonds. The van der Waals surface area contributed by atoms with E-state index in [9.17, 15) is 5.11 Å². The smallest absolute Gasteiger partial charge is 0.0992 e. The van der Waals surface area contributed by atoms with Gasteiger partial charge in [0.1, 0.15) is 0 Å². The molecule has 2 N–H and O–H groups in total. The summed E-state index contributed by atoms with van der Waals surface area (Å²) in [5.74, 6) is 0.322. The molecule has 1 aliphatic rings. The zero-order valence-corrected chi connectivity index (χ0v) is 11.8. The van der Waals surface area contributed by atoms with E-state index in [0.717, 1.165) is 23.0 Å². The summed E-state index contributed by atoms with van der Waals surface area (Å²) < 4.78 is 0.903. The predicted molar refractivity (Wildman–Crippen MR) is 75.3 cm³/mol. The van der Waals surface area contributed by atoms with Crippen LogP contribution in [0.5, 0.6) is 0 Å². The van der Waals surface area contributed by atoms with Crippen LogP contribution in [0, 0.1) is 17.2 Å². The van der Waals surface area contributed by atoms with Crippen molar-refractivity contribution in [2.24, 2.45) is 5.92 Å². The van der Waals surface area contributed by atoms with Crippen molar-refractivity contribution >= 4 is 21.6 Å². The van der Waals surface area contributed by atoms with Gasteiger partial charge in [0, 0.05) is 28.7 Å². The SMILES string of the molecule is N#Cc1cc(Br)cc(NC2CCCCC2CO)c1. The number of rotatable bonds is 3. The first-order valence-electron chi connectivity index (χ1n) is 6.31. The first-order chi connectivity index (χ1) is 8.72. The molecule has 18 heavy (non-hydrogen) atoms. The summed E-state index contributed by atoms with van der Waals surface area (Å²) in [4.78, 5) is 0. The molecule has 1 aliphatic carbocycles. The second kappa shape index (κ2) is 6.21. The Morgan fingerprint density at radius 2 is 2.11 bits per heavy atom. The quantitative estimate of drug-likeness (QED) is 0.901. The average molecular weight is 309 g/mol. The third-order valence-corrected chi connectivity index (χ3v) is 3.98. The number of aliphatic hydroxyl groups excluding tert-OH is 1. The van der Waals surface area contributed by atoms with E-state index in [1.54, 1.807) is 6.07 Å². The minimum atomic E-state index is 0.233. The van der Waals surface area contributed by atoms with E-state index in [1.165, 1.54) is 12.8 Å². The molecule has 1 saturated carbocycles. The number of anilines is 1. The molecule has 0 saturated heterocycles. The second-order valence-electron chi connectivity index (χ2n) is 4.82. The van der Waals surface area contributed by atoms with Crippen molar-refractivity contribution in [3.05, 3.63) is 28.2 Å². The normalized spacial score (nSPS) is 23.4. The Kier molecular flexibility index (Phi) is 4.62. The van der Waals surface area contributed by atoms with E-state index in [0.29, 0.717) is 17.5 Å². The van der Waals surface area contributed by atoms with Gasteiger partial charge < -0.3 is 10.4 Å². The molecule has 0 spiro atoms. The van der Waals surface area contributed by atoms with Gasteiger partial charge in [0.25, 0.3) is 0 Å². The van der Waals surface area contributed by atoms with Gasteiger partial charge in [-0.15, -0.1) is 0 Å². The molecule has 96 valence electrons. The summed E-state index contributed by atoms with van der Waals surface area (Å²) in [7, 11) is 0. The fourth-order valence-corrected chi connectivity index (χ4v) is 3.06. The van der Waals surface area contributed by atoms with E-state index in [1.807, 2.05) is 12.1 Å². The molecule has 1 aromatic carbocycles. The van der Waals surface area contributed by atoms with Gasteiger partial charge in [-0.25, -0.2) is 0 Å². The summed E-state index contributed by atoms with van der Waals surface area (Å²) in [6.07, 6.45) is 4.56. The maximum atomic E-state index is 9.39. The monoisotopic (exact) mass is 308 g/mol. The lowest BCUT2D eigenvalue weighted by molar-refractivity contribution is 0.178. The lowest BCUT2D eigenvalue weighted by Gasteiger charge is -2.31. The number of nitriles is 1. The van der Waals surface area contributed by atoms with Gasteiger partial charge in [-0.3, -0.25) is 0 Å². The zero-order chi connectivity index (χ0) is 13.0. The number of hydrogen-bond donors (Lipinski definition) is 2. The minimum Gasteiger partial charge on any atom is -0.396 e. The summed E-state index contributed by atoms with van der Waals surface area (Å²) in [5.41, 5.74) is 1.59. The number of hydrogen-bond acceptors (Lipinski definition) is 3. The summed E-state index contributed by atoms with van der Waals surface area (Å²) >= 11 is 3.41. The first-order valence-corrected chi connectivity index (χ1v) is 7.10. The molecule has 1 aromatic rings. The highest BCUT2D eigenvalue weighted by Crippen LogP contribution is 2.28. The first kappa shape index (κ1) is 13.4. The standard InChI is InChI=1S/C14H17BrN2O/c15-12-5-10(8-16)6-13(7-12)17-14-4-2-1-3-11(14)9-18/h5-7,11,14,17-18H,1-4,9H2. The Hall–Kier alpha value is -1.05. The van der Waals surface area contributed by atoms with E-state index >= 15 is 0 Å². The third-order valence-electron chi connectivity index (χ3n) is 3.52. The summed E-state index contributed by atoms with van der Waals surface area (Å²) in [6.45, 7) is 0.233. The highest BCUT2D eigenvalue weighted by molar-refractivity contribution is 9.10. The van der Waals surface area contributed by atoms with Gasteiger partial charge in [-0.05, 0) is 31.0 Å². The Balaban J connectivity index is 2.12. The largest absolute Gasteiger partial charge is 0.396 e. The van der Waals surface area contributed by atoms with Crippen molar-refractivity contribution in [3.8, 4) is 6.07 Å². The van der Waals surface area contributed by atoms with Crippen LogP contribution in [0.2, 0.25) is 0 Å². The Morgan fingerprint density at radius 3 is 2.83 bits per heavy atom. The van der Waals surface area contributed by atoms with Crippen molar-refractivity contribution in [1.29, 1.82) is 5.26 Å². The summed E-state index contributed by atoms with van der Waals surface area (Å²) in [6, 6.07) is 8.09. The molecule has 0 radical (unpaired) electrons. The molecule has 0 aliphatic heterocycles. The molecule has 2 rings (SSSR count). The van der Waals surface area contributed by atoms with E-state index in [-0.39, 0.29) is 6.61 Å². The van der Waals surface area contributed by atoms with Crippen molar-refractivity contribution < 1.29 is 5.11 Å². The van der Waals surface area contributed by atoms with Gasteiger partial charge in [-0.2, -0.15) is 5.26 Å². The number of nitrogens with zero attached hydrogens (tertiary/aromatic N) is 1. The third kappa shape index (κ3) is 3.24. The van der Waals surface area contributed by atoms with E-state index in [4.69, 9.17) is 5.26 Å². The van der Waals surface area contributed by atoms with E-state index < -0.39 is 0 Å².